The van der Waals surface area contributed by atoms with Crippen LogP contribution < -0.4 is 10.6 Å². The Labute approximate surface area is 102 Å². The molecule has 0 spiro atoms. The van der Waals surface area contributed by atoms with E-state index in [0.29, 0.717) is 11.3 Å². The van der Waals surface area contributed by atoms with E-state index < -0.39 is 0 Å². The molecule has 2 atom stereocenters. The zero-order valence-corrected chi connectivity index (χ0v) is 11.3. The molecule has 0 aromatic heterocycles. The van der Waals surface area contributed by atoms with E-state index in [2.05, 4.69) is 44.9 Å². The minimum Gasteiger partial charge on any atom is -0.370 e. The van der Waals surface area contributed by atoms with E-state index in [4.69, 9.17) is 5.73 Å². The van der Waals surface area contributed by atoms with Crippen molar-refractivity contribution < 1.29 is 0 Å². The monoisotopic (exact) mass is 236 g/mol. The van der Waals surface area contributed by atoms with Gasteiger partial charge in [-0.25, -0.2) is 0 Å². The van der Waals surface area contributed by atoms with Crippen molar-refractivity contribution in [2.45, 2.75) is 37.0 Å². The molecule has 0 saturated carbocycles. The number of benzene rings is 1. The predicted octanol–water partition coefficient (Wildman–Crippen LogP) is 2.56. The molecule has 1 aliphatic rings. The lowest BCUT2D eigenvalue weighted by atomic mass is 10.1. The van der Waals surface area contributed by atoms with Gasteiger partial charge in [0.05, 0.1) is 5.69 Å². The van der Waals surface area contributed by atoms with Crippen molar-refractivity contribution in [3.05, 3.63) is 23.3 Å². The second-order valence-corrected chi connectivity index (χ2v) is 5.87. The summed E-state index contributed by atoms with van der Waals surface area (Å²) in [7, 11) is 2.18. The molecule has 16 heavy (non-hydrogen) atoms. The Morgan fingerprint density at radius 3 is 2.56 bits per heavy atom. The lowest BCUT2D eigenvalue weighted by molar-refractivity contribution is 0.634. The predicted molar refractivity (Wildman–Crippen MR) is 72.5 cm³/mol. The van der Waals surface area contributed by atoms with Crippen LogP contribution in [0.3, 0.4) is 0 Å². The number of fused-ring (bicyclic) bond motifs is 1. The Balaban J connectivity index is 2.53. The van der Waals surface area contributed by atoms with Crippen LogP contribution in [0, 0.1) is 13.8 Å². The summed E-state index contributed by atoms with van der Waals surface area (Å²) in [6, 6.07) is 4.92. The summed E-state index contributed by atoms with van der Waals surface area (Å²) in [5.41, 5.74) is 9.97. The van der Waals surface area contributed by atoms with Crippen LogP contribution in [0.25, 0.3) is 0 Å². The zero-order chi connectivity index (χ0) is 11.9. The zero-order valence-electron chi connectivity index (χ0n) is 10.4. The van der Waals surface area contributed by atoms with Gasteiger partial charge in [-0.05, 0) is 31.9 Å². The molecule has 1 aromatic rings. The van der Waals surface area contributed by atoms with Crippen molar-refractivity contribution in [2.24, 2.45) is 5.73 Å². The highest BCUT2D eigenvalue weighted by Crippen LogP contribution is 2.44. The number of nitrogens with two attached hydrogens (primary N) is 1. The number of nitrogens with zero attached hydrogens (tertiary/aromatic N) is 1. The lowest BCUT2D eigenvalue weighted by Gasteiger charge is -2.40. The summed E-state index contributed by atoms with van der Waals surface area (Å²) in [6.07, 6.45) is 0. The Morgan fingerprint density at radius 1 is 1.31 bits per heavy atom. The van der Waals surface area contributed by atoms with Gasteiger partial charge in [-0.2, -0.15) is 0 Å². The minimum absolute atomic E-state index is 0.498. The summed E-state index contributed by atoms with van der Waals surface area (Å²) in [4.78, 5) is 3.79. The molecule has 2 N–H and O–H groups in total. The van der Waals surface area contributed by atoms with Gasteiger partial charge in [-0.15, -0.1) is 11.8 Å². The lowest BCUT2D eigenvalue weighted by Crippen LogP contribution is -2.44. The van der Waals surface area contributed by atoms with Crippen LogP contribution in [0.2, 0.25) is 0 Å². The third-order valence-electron chi connectivity index (χ3n) is 3.53. The van der Waals surface area contributed by atoms with Crippen LogP contribution in [0.5, 0.6) is 0 Å². The van der Waals surface area contributed by atoms with E-state index in [1.54, 1.807) is 0 Å². The van der Waals surface area contributed by atoms with Crippen LogP contribution in [0.15, 0.2) is 17.0 Å². The largest absolute Gasteiger partial charge is 0.370 e. The van der Waals surface area contributed by atoms with Gasteiger partial charge in [0.25, 0.3) is 0 Å². The first-order chi connectivity index (χ1) is 7.56. The molecule has 88 valence electrons. The standard InChI is InChI=1S/C13H20N2S/c1-8-5-6-9(2)13-12(8)15(4)10(3)11(7-14)16-13/h5-6,10-11H,7,14H2,1-4H3. The van der Waals surface area contributed by atoms with Crippen molar-refractivity contribution >= 4 is 17.4 Å². The maximum atomic E-state index is 5.85. The van der Waals surface area contributed by atoms with Gasteiger partial charge in [0.1, 0.15) is 0 Å². The van der Waals surface area contributed by atoms with Crippen LogP contribution in [0.1, 0.15) is 18.1 Å². The second-order valence-electron chi connectivity index (χ2n) is 4.62. The molecule has 0 aliphatic carbocycles. The van der Waals surface area contributed by atoms with E-state index in [0.717, 1.165) is 6.54 Å². The van der Waals surface area contributed by atoms with Gasteiger partial charge < -0.3 is 10.6 Å². The van der Waals surface area contributed by atoms with Crippen LogP contribution in [-0.2, 0) is 0 Å². The summed E-state index contributed by atoms with van der Waals surface area (Å²) < 4.78 is 0. The first-order valence-corrected chi connectivity index (χ1v) is 6.64. The molecule has 0 fully saturated rings. The number of thioether (sulfide) groups is 1. The van der Waals surface area contributed by atoms with Crippen molar-refractivity contribution in [2.75, 3.05) is 18.5 Å². The molecule has 1 aromatic carbocycles. The van der Waals surface area contributed by atoms with E-state index in [-0.39, 0.29) is 0 Å². The highest BCUT2D eigenvalue weighted by atomic mass is 32.2. The van der Waals surface area contributed by atoms with Gasteiger partial charge >= 0.3 is 0 Å². The van der Waals surface area contributed by atoms with E-state index in [9.17, 15) is 0 Å². The molecule has 0 bridgehead atoms. The SMILES string of the molecule is Cc1ccc(C)c2c1SC(CN)C(C)N2C. The van der Waals surface area contributed by atoms with Crippen molar-refractivity contribution in [3.63, 3.8) is 0 Å². The topological polar surface area (TPSA) is 29.3 Å². The Bertz CT molecular complexity index is 403. The Hall–Kier alpha value is -0.670. The second kappa shape index (κ2) is 4.30. The van der Waals surface area contributed by atoms with E-state index in [1.807, 2.05) is 11.8 Å². The van der Waals surface area contributed by atoms with Gasteiger partial charge in [-0.3, -0.25) is 0 Å². The first-order valence-electron chi connectivity index (χ1n) is 5.76. The number of rotatable bonds is 1. The summed E-state index contributed by atoms with van der Waals surface area (Å²) in [5, 5.41) is 0.498. The van der Waals surface area contributed by atoms with Crippen molar-refractivity contribution in [1.82, 2.24) is 0 Å². The van der Waals surface area contributed by atoms with Gasteiger partial charge in [0.15, 0.2) is 0 Å². The molecule has 2 nitrogen and oxygen atoms in total. The number of hydrogen-bond acceptors (Lipinski definition) is 3. The summed E-state index contributed by atoms with van der Waals surface area (Å²) >= 11 is 1.94. The highest BCUT2D eigenvalue weighted by molar-refractivity contribution is 8.00. The minimum atomic E-state index is 0.498. The van der Waals surface area contributed by atoms with Crippen LogP contribution in [-0.4, -0.2) is 24.9 Å². The van der Waals surface area contributed by atoms with Gasteiger partial charge in [0, 0.05) is 29.8 Å². The Kier molecular flexibility index (Phi) is 3.17. The average molecular weight is 236 g/mol. The number of aryl methyl sites for hydroxylation is 2. The van der Waals surface area contributed by atoms with Crippen molar-refractivity contribution in [1.29, 1.82) is 0 Å². The summed E-state index contributed by atoms with van der Waals surface area (Å²) in [5.74, 6) is 0. The van der Waals surface area contributed by atoms with Crippen LogP contribution in [0.4, 0.5) is 5.69 Å². The molecule has 2 unspecified atom stereocenters. The smallest absolute Gasteiger partial charge is 0.0537 e. The average Bonchev–Trinajstić information content (AvgIpc) is 2.27. The molecule has 2 rings (SSSR count). The molecule has 0 amide bonds. The van der Waals surface area contributed by atoms with Crippen molar-refractivity contribution in [3.8, 4) is 0 Å². The molecule has 0 saturated heterocycles. The fourth-order valence-corrected chi connectivity index (χ4v) is 3.75. The molecular weight excluding hydrogens is 216 g/mol. The fourth-order valence-electron chi connectivity index (χ4n) is 2.31. The normalized spacial score (nSPS) is 24.4. The number of hydrogen-bond donors (Lipinski definition) is 1. The van der Waals surface area contributed by atoms with Gasteiger partial charge in [-0.1, -0.05) is 12.1 Å². The quantitative estimate of drug-likeness (QED) is 0.812. The fraction of sp³-hybridized carbons (Fsp3) is 0.538. The van der Waals surface area contributed by atoms with Gasteiger partial charge in [0.2, 0.25) is 0 Å². The molecule has 1 aliphatic heterocycles. The maximum absolute atomic E-state index is 5.85. The number of anilines is 1. The Morgan fingerprint density at radius 2 is 1.94 bits per heavy atom. The molecule has 1 heterocycles. The van der Waals surface area contributed by atoms with E-state index in [1.165, 1.54) is 21.7 Å². The third-order valence-corrected chi connectivity index (χ3v) is 5.17. The first kappa shape index (κ1) is 11.8. The molecule has 3 heteroatoms. The molecule has 0 radical (unpaired) electrons. The van der Waals surface area contributed by atoms with Crippen LogP contribution >= 0.6 is 11.8 Å². The highest BCUT2D eigenvalue weighted by Gasteiger charge is 2.30. The van der Waals surface area contributed by atoms with E-state index >= 15 is 0 Å². The third kappa shape index (κ3) is 1.72. The summed E-state index contributed by atoms with van der Waals surface area (Å²) in [6.45, 7) is 7.37. The molecular formula is C13H20N2S. The maximum Gasteiger partial charge on any atom is 0.0537 e.